The van der Waals surface area contributed by atoms with Gasteiger partial charge < -0.3 is 40.3 Å². The molecule has 1 fully saturated rings. The number of allylic oxidation sites excluding steroid dienone is 17. The van der Waals surface area contributed by atoms with Crippen LogP contribution < -0.4 is 5.32 Å². The van der Waals surface area contributed by atoms with Gasteiger partial charge >= 0.3 is 0 Å². The molecule has 0 saturated carbocycles. The summed E-state index contributed by atoms with van der Waals surface area (Å²) in [6, 6.07) is -0.818. The maximum Gasteiger partial charge on any atom is 0.220 e. The summed E-state index contributed by atoms with van der Waals surface area (Å²) in [4.78, 5) is 13.1. The molecule has 6 N–H and O–H groups in total. The van der Waals surface area contributed by atoms with Crippen LogP contribution in [0.5, 0.6) is 0 Å². The first kappa shape index (κ1) is 73.9. The molecule has 0 aromatic rings. The number of hydrogen-bond donors (Lipinski definition) is 6. The molecule has 1 rings (SSSR count). The zero-order valence-corrected chi connectivity index (χ0v) is 50.6. The first-order valence-electron chi connectivity index (χ1n) is 32.6. The molecule has 7 atom stereocenters. The van der Waals surface area contributed by atoms with Crippen LogP contribution in [0.1, 0.15) is 271 Å². The van der Waals surface area contributed by atoms with Crippen LogP contribution >= 0.6 is 0 Å². The molecule has 0 bridgehead atoms. The summed E-state index contributed by atoms with van der Waals surface area (Å²) in [6.07, 6.45) is 78.7. The molecule has 0 radical (unpaired) electrons. The van der Waals surface area contributed by atoms with Crippen LogP contribution in [0, 0.1) is 0 Å². The van der Waals surface area contributed by atoms with Gasteiger partial charge in [0.15, 0.2) is 6.29 Å². The number of amides is 1. The summed E-state index contributed by atoms with van der Waals surface area (Å²) in [5, 5.41) is 54.7. The monoisotopic (exact) mass is 1100 g/mol. The Kier molecular flexibility index (Phi) is 54.3. The molecular weight excluding hydrogens is 983 g/mol. The molecule has 1 saturated heterocycles. The highest BCUT2D eigenvalue weighted by atomic mass is 16.7. The zero-order chi connectivity index (χ0) is 57.2. The minimum Gasteiger partial charge on any atom is -0.394 e. The number of hydrogen-bond acceptors (Lipinski definition) is 8. The third-order valence-corrected chi connectivity index (χ3v) is 14.9. The van der Waals surface area contributed by atoms with E-state index in [0.29, 0.717) is 6.42 Å². The van der Waals surface area contributed by atoms with Gasteiger partial charge in [-0.3, -0.25) is 4.79 Å². The summed E-state index contributed by atoms with van der Waals surface area (Å²) < 4.78 is 11.3. The third kappa shape index (κ3) is 47.1. The van der Waals surface area contributed by atoms with Crippen molar-refractivity contribution in [2.45, 2.75) is 314 Å². The second-order valence-corrected chi connectivity index (χ2v) is 22.2. The lowest BCUT2D eigenvalue weighted by Crippen LogP contribution is -2.60. The van der Waals surface area contributed by atoms with Crippen LogP contribution in [-0.4, -0.2) is 87.5 Å². The van der Waals surface area contributed by atoms with Gasteiger partial charge in [0.05, 0.1) is 25.4 Å². The third-order valence-electron chi connectivity index (χ3n) is 14.9. The molecule has 0 aromatic carbocycles. The predicted octanol–water partition coefficient (Wildman–Crippen LogP) is 17.3. The predicted molar refractivity (Wildman–Crippen MR) is 336 cm³/mol. The maximum absolute atomic E-state index is 13.1. The highest BCUT2D eigenvalue weighted by Gasteiger charge is 2.44. The van der Waals surface area contributed by atoms with E-state index >= 15 is 0 Å². The largest absolute Gasteiger partial charge is 0.394 e. The van der Waals surface area contributed by atoms with Gasteiger partial charge in [0.1, 0.15) is 24.4 Å². The molecule has 0 aliphatic carbocycles. The van der Waals surface area contributed by atoms with Crippen LogP contribution in [-0.2, 0) is 14.3 Å². The number of ether oxygens (including phenoxy) is 2. The smallest absolute Gasteiger partial charge is 0.220 e. The van der Waals surface area contributed by atoms with Crippen LogP contribution in [0.4, 0.5) is 0 Å². The van der Waals surface area contributed by atoms with E-state index in [9.17, 15) is 30.3 Å². The summed E-state index contributed by atoms with van der Waals surface area (Å²) >= 11 is 0. The van der Waals surface area contributed by atoms with Crippen molar-refractivity contribution in [3.63, 3.8) is 0 Å². The number of carbonyl (C=O) groups excluding carboxylic acids is 1. The minimum atomic E-state index is -1.57. The number of unbranched alkanes of at least 4 members (excludes halogenated alkanes) is 29. The summed E-state index contributed by atoms with van der Waals surface area (Å²) in [6.45, 7) is 3.68. The first-order valence-corrected chi connectivity index (χ1v) is 32.6. The van der Waals surface area contributed by atoms with E-state index in [-0.39, 0.29) is 12.5 Å². The first-order chi connectivity index (χ1) is 38.8. The topological polar surface area (TPSA) is 149 Å². The average Bonchev–Trinajstić information content (AvgIpc) is 3.47. The Balaban J connectivity index is 2.20. The molecule has 0 spiro atoms. The maximum atomic E-state index is 13.1. The van der Waals surface area contributed by atoms with Crippen molar-refractivity contribution in [2.24, 2.45) is 0 Å². The molecule has 1 aliphatic rings. The summed E-state index contributed by atoms with van der Waals surface area (Å²) in [7, 11) is 0. The van der Waals surface area contributed by atoms with Crippen molar-refractivity contribution in [1.82, 2.24) is 5.32 Å². The molecule has 0 aromatic heterocycles. The normalized spacial score (nSPS) is 19.3. The molecular formula is C70H121NO8. The fraction of sp³-hybridized carbons (Fsp3) is 0.729. The number of aliphatic hydroxyl groups is 5. The zero-order valence-electron chi connectivity index (χ0n) is 50.6. The number of rotatable bonds is 55. The second kappa shape index (κ2) is 58.1. The van der Waals surface area contributed by atoms with Crippen molar-refractivity contribution in [2.75, 3.05) is 13.2 Å². The lowest BCUT2D eigenvalue weighted by atomic mass is 9.99. The van der Waals surface area contributed by atoms with Gasteiger partial charge in [-0.05, 0) is 83.5 Å². The van der Waals surface area contributed by atoms with E-state index < -0.39 is 49.5 Å². The van der Waals surface area contributed by atoms with Crippen molar-refractivity contribution in [3.05, 3.63) is 109 Å². The van der Waals surface area contributed by atoms with Crippen LogP contribution in [0.25, 0.3) is 0 Å². The highest BCUT2D eigenvalue weighted by Crippen LogP contribution is 2.23. The Bertz CT molecular complexity index is 1610. The van der Waals surface area contributed by atoms with E-state index in [2.05, 4.69) is 116 Å². The van der Waals surface area contributed by atoms with Gasteiger partial charge in [-0.25, -0.2) is 0 Å². The van der Waals surface area contributed by atoms with Crippen molar-refractivity contribution >= 4 is 5.91 Å². The average molecular weight is 1100 g/mol. The Labute approximate surface area is 485 Å². The Morgan fingerprint density at radius 1 is 0.443 bits per heavy atom. The number of aliphatic hydroxyl groups excluding tert-OH is 5. The van der Waals surface area contributed by atoms with Crippen LogP contribution in [0.2, 0.25) is 0 Å². The Morgan fingerprint density at radius 3 is 1.16 bits per heavy atom. The highest BCUT2D eigenvalue weighted by molar-refractivity contribution is 5.76. The molecule has 9 heteroatoms. The van der Waals surface area contributed by atoms with Gasteiger partial charge in [-0.15, -0.1) is 0 Å². The molecule has 7 unspecified atom stereocenters. The fourth-order valence-corrected chi connectivity index (χ4v) is 9.76. The number of carbonyl (C=O) groups is 1. The van der Waals surface area contributed by atoms with Crippen molar-refractivity contribution in [1.29, 1.82) is 0 Å². The molecule has 1 amide bonds. The molecule has 79 heavy (non-hydrogen) atoms. The van der Waals surface area contributed by atoms with Crippen LogP contribution in [0.3, 0.4) is 0 Å². The summed E-state index contributed by atoms with van der Waals surface area (Å²) in [5.74, 6) is -0.187. The van der Waals surface area contributed by atoms with Gasteiger partial charge in [0.2, 0.25) is 5.91 Å². The van der Waals surface area contributed by atoms with Crippen molar-refractivity contribution < 1.29 is 39.8 Å². The Morgan fingerprint density at radius 2 is 0.785 bits per heavy atom. The summed E-state index contributed by atoms with van der Waals surface area (Å²) in [5.41, 5.74) is 0. The Hall–Kier alpha value is -3.15. The van der Waals surface area contributed by atoms with E-state index in [0.717, 1.165) is 103 Å². The quantitative estimate of drug-likeness (QED) is 0.0261. The minimum absolute atomic E-state index is 0.187. The van der Waals surface area contributed by atoms with E-state index in [1.807, 2.05) is 6.08 Å². The van der Waals surface area contributed by atoms with E-state index in [1.54, 1.807) is 6.08 Å². The van der Waals surface area contributed by atoms with Gasteiger partial charge in [-0.1, -0.05) is 290 Å². The van der Waals surface area contributed by atoms with Gasteiger partial charge in [-0.2, -0.15) is 0 Å². The van der Waals surface area contributed by atoms with E-state index in [4.69, 9.17) is 9.47 Å². The van der Waals surface area contributed by atoms with Gasteiger partial charge in [0.25, 0.3) is 0 Å². The van der Waals surface area contributed by atoms with Crippen LogP contribution in [0.15, 0.2) is 109 Å². The van der Waals surface area contributed by atoms with E-state index in [1.165, 1.54) is 148 Å². The standard InChI is InChI=1S/C70H121NO8/c1-3-5-7-9-11-13-15-17-19-21-23-25-27-28-29-30-31-32-33-34-35-36-38-40-42-44-46-48-50-52-54-56-58-60-66(74)71-63(62-78-70-69(77)68(76)67(75)65(61-72)79-70)64(73)59-57-55-53-51-49-47-45-43-41-39-37-26-24-22-20-18-16-14-12-10-8-6-4-2/h5,7,11,13,17,19,23,25,28-29,31-32,34-35,38,40,57,59,63-65,67-70,72-73,75-77H,3-4,6,8-10,12,14-16,18,20-22,24,26-27,30,33,36-37,39,41-56,58,60-62H2,1-2H3,(H,71,74)/b7-5-,13-11-,19-17-,25-23-,29-28-,32-31-,35-34-,40-38-,59-57+. The lowest BCUT2D eigenvalue weighted by Gasteiger charge is -2.40. The molecule has 1 aliphatic heterocycles. The number of nitrogens with one attached hydrogen (secondary N) is 1. The van der Waals surface area contributed by atoms with Gasteiger partial charge in [0, 0.05) is 6.42 Å². The SMILES string of the molecule is CC/C=C\C/C=C\C/C=C\C/C=C\C/C=C\C/C=C\C/C=C\C/C=C\CCCCCCCCCCC(=O)NC(COC1OC(CO)C(O)C(O)C1O)C(O)/C=C/CCCCCCCCCCCCCCCCCCCCCCC. The lowest BCUT2D eigenvalue weighted by molar-refractivity contribution is -0.302. The second-order valence-electron chi connectivity index (χ2n) is 22.2. The molecule has 9 nitrogen and oxygen atoms in total. The molecule has 454 valence electrons. The van der Waals surface area contributed by atoms with Crippen molar-refractivity contribution in [3.8, 4) is 0 Å². The molecule has 1 heterocycles. The fourth-order valence-electron chi connectivity index (χ4n) is 9.76.